The lowest BCUT2D eigenvalue weighted by Crippen LogP contribution is -2.44. The van der Waals surface area contributed by atoms with Crippen molar-refractivity contribution in [2.75, 3.05) is 19.9 Å². The average molecular weight is 487 g/mol. The number of hydrogen-bond donors (Lipinski definition) is 1. The van der Waals surface area contributed by atoms with E-state index in [1.807, 2.05) is 38.7 Å². The summed E-state index contributed by atoms with van der Waals surface area (Å²) in [4.78, 5) is 6.30. The van der Waals surface area contributed by atoms with Crippen molar-refractivity contribution < 1.29 is 18.3 Å². The number of ether oxygens (including phenoxy) is 1. The van der Waals surface area contributed by atoms with Gasteiger partial charge in [0.2, 0.25) is 0 Å². The van der Waals surface area contributed by atoms with Gasteiger partial charge < -0.3 is 9.84 Å². The standard InChI is InChI=1S/C21H31BrN2O4S/c1-5-19(24(11-6-7-12-25)15-28-21(2,3)4)29(26,27)18-10-8-9-16-13-23-14-17(22)20(16)18/h8-10,13-14,19,25H,5-7,11-12,15H2,1-4H3/t19-/m0/s1. The minimum atomic E-state index is -3.68. The van der Waals surface area contributed by atoms with Crippen LogP contribution in [0.5, 0.6) is 0 Å². The third kappa shape index (κ3) is 6.21. The van der Waals surface area contributed by atoms with E-state index in [0.29, 0.717) is 40.6 Å². The predicted molar refractivity (Wildman–Crippen MR) is 119 cm³/mol. The van der Waals surface area contributed by atoms with Crippen LogP contribution in [0, 0.1) is 0 Å². The van der Waals surface area contributed by atoms with Crippen molar-refractivity contribution >= 4 is 36.5 Å². The molecule has 0 radical (unpaired) electrons. The van der Waals surface area contributed by atoms with E-state index in [0.717, 1.165) is 5.39 Å². The zero-order chi connectivity index (χ0) is 21.7. The van der Waals surface area contributed by atoms with E-state index in [4.69, 9.17) is 9.84 Å². The van der Waals surface area contributed by atoms with Gasteiger partial charge in [-0.1, -0.05) is 19.1 Å². The number of nitrogens with zero attached hydrogens (tertiary/aromatic N) is 2. The van der Waals surface area contributed by atoms with Gasteiger partial charge in [0, 0.05) is 40.8 Å². The molecule has 1 atom stereocenters. The smallest absolute Gasteiger partial charge is 0.195 e. The highest BCUT2D eigenvalue weighted by molar-refractivity contribution is 9.10. The number of rotatable bonds is 10. The van der Waals surface area contributed by atoms with Gasteiger partial charge in [-0.05, 0) is 62.0 Å². The van der Waals surface area contributed by atoms with E-state index in [1.54, 1.807) is 24.5 Å². The van der Waals surface area contributed by atoms with E-state index in [9.17, 15) is 8.42 Å². The van der Waals surface area contributed by atoms with Crippen molar-refractivity contribution in [1.29, 1.82) is 0 Å². The number of halogens is 1. The van der Waals surface area contributed by atoms with Crippen molar-refractivity contribution in [1.82, 2.24) is 9.88 Å². The Bertz CT molecular complexity index is 907. The molecule has 0 bridgehead atoms. The highest BCUT2D eigenvalue weighted by atomic mass is 79.9. The second-order valence-electron chi connectivity index (χ2n) is 8.01. The van der Waals surface area contributed by atoms with Crippen LogP contribution in [-0.2, 0) is 14.6 Å². The summed E-state index contributed by atoms with van der Waals surface area (Å²) in [7, 11) is -3.68. The number of aliphatic hydroxyl groups is 1. The molecule has 0 saturated carbocycles. The van der Waals surface area contributed by atoms with Gasteiger partial charge in [-0.2, -0.15) is 0 Å². The Hall–Kier alpha value is -1.06. The Morgan fingerprint density at radius 3 is 2.59 bits per heavy atom. The number of unbranched alkanes of at least 4 members (excludes halogenated alkanes) is 1. The van der Waals surface area contributed by atoms with Crippen molar-refractivity contribution in [3.8, 4) is 0 Å². The second kappa shape index (κ2) is 10.3. The third-order valence-corrected chi connectivity index (χ3v) is 7.54. The van der Waals surface area contributed by atoms with Crippen molar-refractivity contribution in [3.63, 3.8) is 0 Å². The lowest BCUT2D eigenvalue weighted by atomic mass is 10.2. The summed E-state index contributed by atoms with van der Waals surface area (Å²) in [6.07, 6.45) is 5.02. The van der Waals surface area contributed by atoms with Gasteiger partial charge in [0.1, 0.15) is 12.1 Å². The normalized spacial score (nSPS) is 13.9. The Morgan fingerprint density at radius 1 is 1.24 bits per heavy atom. The summed E-state index contributed by atoms with van der Waals surface area (Å²) in [5.41, 5.74) is -0.384. The Morgan fingerprint density at radius 2 is 1.97 bits per heavy atom. The summed E-state index contributed by atoms with van der Waals surface area (Å²) < 4.78 is 34.1. The van der Waals surface area contributed by atoms with Gasteiger partial charge in [-0.3, -0.25) is 9.88 Å². The number of hydrogen-bond acceptors (Lipinski definition) is 6. The van der Waals surface area contributed by atoms with Crippen LogP contribution in [-0.4, -0.2) is 54.3 Å². The Kier molecular flexibility index (Phi) is 8.60. The Balaban J connectivity index is 2.47. The van der Waals surface area contributed by atoms with E-state index in [2.05, 4.69) is 20.9 Å². The molecule has 8 heteroatoms. The van der Waals surface area contributed by atoms with Crippen molar-refractivity contribution in [2.24, 2.45) is 0 Å². The predicted octanol–water partition coefficient (Wildman–Crippen LogP) is 4.35. The molecule has 162 valence electrons. The van der Waals surface area contributed by atoms with Gasteiger partial charge in [0.15, 0.2) is 9.84 Å². The van der Waals surface area contributed by atoms with Crippen LogP contribution >= 0.6 is 15.9 Å². The SMILES string of the molecule is CC[C@@H](N(CCCCO)COC(C)(C)C)S(=O)(=O)c1cccc2cncc(Br)c12. The fraction of sp³-hybridized carbons (Fsp3) is 0.571. The fourth-order valence-electron chi connectivity index (χ4n) is 3.21. The topological polar surface area (TPSA) is 79.7 Å². The number of sulfone groups is 1. The molecule has 6 nitrogen and oxygen atoms in total. The number of fused-ring (bicyclic) bond motifs is 1. The molecule has 2 rings (SSSR count). The fourth-order valence-corrected chi connectivity index (χ4v) is 5.97. The number of pyridine rings is 1. The zero-order valence-corrected chi connectivity index (χ0v) is 20.0. The molecule has 0 saturated heterocycles. The van der Waals surface area contributed by atoms with E-state index in [1.165, 1.54) is 0 Å². The van der Waals surface area contributed by atoms with Crippen molar-refractivity contribution in [2.45, 2.75) is 62.8 Å². The van der Waals surface area contributed by atoms with Crippen LogP contribution in [0.4, 0.5) is 0 Å². The molecule has 0 aliphatic heterocycles. The highest BCUT2D eigenvalue weighted by Crippen LogP contribution is 2.33. The molecule has 0 aliphatic carbocycles. The second-order valence-corrected chi connectivity index (χ2v) is 10.9. The molecule has 2 aromatic rings. The molecule has 1 aromatic heterocycles. The quantitative estimate of drug-likeness (QED) is 0.397. The molecule has 0 amide bonds. The lowest BCUT2D eigenvalue weighted by Gasteiger charge is -2.33. The lowest BCUT2D eigenvalue weighted by molar-refractivity contribution is -0.0684. The van der Waals surface area contributed by atoms with Crippen LogP contribution in [0.25, 0.3) is 10.8 Å². The first-order valence-electron chi connectivity index (χ1n) is 9.86. The molecule has 0 unspecified atom stereocenters. The third-order valence-electron chi connectivity index (χ3n) is 4.64. The van der Waals surface area contributed by atoms with E-state index in [-0.39, 0.29) is 18.9 Å². The minimum Gasteiger partial charge on any atom is -0.396 e. The average Bonchev–Trinajstić information content (AvgIpc) is 2.65. The summed E-state index contributed by atoms with van der Waals surface area (Å²) in [6.45, 7) is 8.54. The summed E-state index contributed by atoms with van der Waals surface area (Å²) in [5.74, 6) is 0. The van der Waals surface area contributed by atoms with E-state index >= 15 is 0 Å². The monoisotopic (exact) mass is 486 g/mol. The molecule has 1 heterocycles. The zero-order valence-electron chi connectivity index (χ0n) is 17.6. The summed E-state index contributed by atoms with van der Waals surface area (Å²) >= 11 is 3.46. The van der Waals surface area contributed by atoms with Gasteiger partial charge in [0.25, 0.3) is 0 Å². The molecule has 29 heavy (non-hydrogen) atoms. The van der Waals surface area contributed by atoms with Gasteiger partial charge >= 0.3 is 0 Å². The first kappa shape index (κ1) is 24.2. The maximum atomic E-state index is 13.7. The minimum absolute atomic E-state index is 0.0841. The molecular weight excluding hydrogens is 456 g/mol. The van der Waals surface area contributed by atoms with Crippen LogP contribution in [0.15, 0.2) is 40.0 Å². The summed E-state index contributed by atoms with van der Waals surface area (Å²) in [5, 5.41) is 9.83. The van der Waals surface area contributed by atoms with Crippen LogP contribution in [0.3, 0.4) is 0 Å². The Labute approximate surface area is 182 Å². The molecular formula is C21H31BrN2O4S. The molecule has 0 aliphatic rings. The van der Waals surface area contributed by atoms with Crippen LogP contribution in [0.1, 0.15) is 47.0 Å². The maximum absolute atomic E-state index is 13.7. The van der Waals surface area contributed by atoms with Gasteiger partial charge in [-0.25, -0.2) is 8.42 Å². The maximum Gasteiger partial charge on any atom is 0.195 e. The highest BCUT2D eigenvalue weighted by Gasteiger charge is 2.33. The molecule has 0 fully saturated rings. The van der Waals surface area contributed by atoms with Gasteiger partial charge in [-0.15, -0.1) is 0 Å². The largest absolute Gasteiger partial charge is 0.396 e. The molecule has 0 spiro atoms. The first-order chi connectivity index (χ1) is 13.6. The van der Waals surface area contributed by atoms with Crippen molar-refractivity contribution in [3.05, 3.63) is 35.1 Å². The van der Waals surface area contributed by atoms with E-state index < -0.39 is 15.2 Å². The van der Waals surface area contributed by atoms with Gasteiger partial charge in [0.05, 0.1) is 10.5 Å². The van der Waals surface area contributed by atoms with Crippen LogP contribution in [0.2, 0.25) is 0 Å². The number of benzene rings is 1. The van der Waals surface area contributed by atoms with Crippen LogP contribution < -0.4 is 0 Å². The molecule has 1 N–H and O–H groups in total. The summed E-state index contributed by atoms with van der Waals surface area (Å²) in [6, 6.07) is 5.26. The number of aliphatic hydroxyl groups excluding tert-OH is 1. The molecule has 1 aromatic carbocycles. The first-order valence-corrected chi connectivity index (χ1v) is 12.2. The number of aromatic nitrogens is 1.